The first-order chi connectivity index (χ1) is 11.6. The quantitative estimate of drug-likeness (QED) is 0.730. The molecule has 0 bridgehead atoms. The Kier molecular flexibility index (Phi) is 4.64. The Balaban J connectivity index is 1.94. The summed E-state index contributed by atoms with van der Waals surface area (Å²) in [5.74, 6) is 1.09. The SMILES string of the molecule is COc1ccc(N(C(=O)O)c2nc(-c3ccc(Cl)cc3)ns2)cc1. The number of benzene rings is 2. The van der Waals surface area contributed by atoms with Crippen molar-refractivity contribution in [3.05, 3.63) is 53.6 Å². The van der Waals surface area contributed by atoms with E-state index in [-0.39, 0.29) is 5.13 Å². The van der Waals surface area contributed by atoms with Crippen LogP contribution in [0.3, 0.4) is 0 Å². The lowest BCUT2D eigenvalue weighted by Crippen LogP contribution is -2.23. The Morgan fingerprint density at radius 3 is 2.42 bits per heavy atom. The van der Waals surface area contributed by atoms with Crippen molar-refractivity contribution in [3.63, 3.8) is 0 Å². The predicted molar refractivity (Wildman–Crippen MR) is 93.5 cm³/mol. The van der Waals surface area contributed by atoms with Crippen LogP contribution in [-0.2, 0) is 0 Å². The molecule has 1 aromatic heterocycles. The van der Waals surface area contributed by atoms with Gasteiger partial charge in [-0.1, -0.05) is 11.6 Å². The minimum absolute atomic E-state index is 0.262. The smallest absolute Gasteiger partial charge is 0.418 e. The van der Waals surface area contributed by atoms with Gasteiger partial charge in [0.05, 0.1) is 12.8 Å². The van der Waals surface area contributed by atoms with Crippen LogP contribution in [-0.4, -0.2) is 27.7 Å². The summed E-state index contributed by atoms with van der Waals surface area (Å²) < 4.78 is 9.32. The number of halogens is 1. The second-order valence-electron chi connectivity index (χ2n) is 4.72. The van der Waals surface area contributed by atoms with Gasteiger partial charge >= 0.3 is 6.09 Å². The van der Waals surface area contributed by atoms with Gasteiger partial charge in [-0.25, -0.2) is 9.69 Å². The van der Waals surface area contributed by atoms with Gasteiger partial charge in [-0.15, -0.1) is 0 Å². The van der Waals surface area contributed by atoms with E-state index >= 15 is 0 Å². The van der Waals surface area contributed by atoms with Crippen molar-refractivity contribution in [2.45, 2.75) is 0 Å². The van der Waals surface area contributed by atoms with Crippen LogP contribution in [0.25, 0.3) is 11.4 Å². The second kappa shape index (κ2) is 6.86. The lowest BCUT2D eigenvalue weighted by molar-refractivity contribution is 0.205. The molecule has 1 heterocycles. The molecule has 0 unspecified atom stereocenters. The van der Waals surface area contributed by atoms with Gasteiger partial charge in [0.15, 0.2) is 5.82 Å². The summed E-state index contributed by atoms with van der Waals surface area (Å²) in [6.45, 7) is 0. The fraction of sp³-hybridized carbons (Fsp3) is 0.0625. The first-order valence-electron chi connectivity index (χ1n) is 6.85. The standard InChI is InChI=1S/C16H12ClN3O3S/c1-23-13-8-6-12(7-9-13)20(16(21)22)15-18-14(19-24-15)10-2-4-11(17)5-3-10/h2-9H,1H3,(H,21,22). The number of hydrogen-bond acceptors (Lipinski definition) is 5. The first-order valence-corrected chi connectivity index (χ1v) is 8.00. The van der Waals surface area contributed by atoms with Crippen LogP contribution in [0, 0.1) is 0 Å². The van der Waals surface area contributed by atoms with Crippen LogP contribution in [0.5, 0.6) is 5.75 Å². The fourth-order valence-electron chi connectivity index (χ4n) is 2.06. The molecule has 3 rings (SSSR count). The molecular weight excluding hydrogens is 350 g/mol. The Morgan fingerprint density at radius 2 is 1.83 bits per heavy atom. The monoisotopic (exact) mass is 361 g/mol. The van der Waals surface area contributed by atoms with Gasteiger partial charge in [0.25, 0.3) is 0 Å². The highest BCUT2D eigenvalue weighted by atomic mass is 35.5. The molecule has 24 heavy (non-hydrogen) atoms. The van der Waals surface area contributed by atoms with E-state index in [1.54, 1.807) is 55.6 Å². The molecule has 0 radical (unpaired) electrons. The summed E-state index contributed by atoms with van der Waals surface area (Å²) in [6.07, 6.45) is -1.14. The van der Waals surface area contributed by atoms with Crippen LogP contribution in [0.4, 0.5) is 15.6 Å². The summed E-state index contributed by atoms with van der Waals surface area (Å²) in [7, 11) is 1.55. The van der Waals surface area contributed by atoms with Crippen LogP contribution in [0.15, 0.2) is 48.5 Å². The molecule has 2 aromatic carbocycles. The Hall–Kier alpha value is -2.64. The van der Waals surface area contributed by atoms with Crippen LogP contribution in [0.2, 0.25) is 5.02 Å². The molecule has 0 atom stereocenters. The van der Waals surface area contributed by atoms with E-state index in [0.717, 1.165) is 22.0 Å². The average Bonchev–Trinajstić information content (AvgIpc) is 3.05. The van der Waals surface area contributed by atoms with Crippen LogP contribution in [0.1, 0.15) is 0 Å². The number of methoxy groups -OCH3 is 1. The van der Waals surface area contributed by atoms with E-state index in [4.69, 9.17) is 16.3 Å². The maximum Gasteiger partial charge on any atom is 0.418 e. The van der Waals surface area contributed by atoms with Gasteiger partial charge in [-0.2, -0.15) is 9.36 Å². The minimum atomic E-state index is -1.14. The lowest BCUT2D eigenvalue weighted by Gasteiger charge is -2.15. The third-order valence-electron chi connectivity index (χ3n) is 3.23. The maximum atomic E-state index is 11.7. The summed E-state index contributed by atoms with van der Waals surface area (Å²) in [6, 6.07) is 13.7. The molecule has 0 spiro atoms. The number of amides is 1. The molecule has 0 aliphatic heterocycles. The molecule has 1 amide bonds. The predicted octanol–water partition coefficient (Wildman–Crippen LogP) is 4.68. The van der Waals surface area contributed by atoms with Crippen molar-refractivity contribution in [1.82, 2.24) is 9.36 Å². The first kappa shape index (κ1) is 16.2. The summed E-state index contributed by atoms with van der Waals surface area (Å²) in [5.41, 5.74) is 1.23. The molecule has 122 valence electrons. The van der Waals surface area contributed by atoms with Crippen LogP contribution >= 0.6 is 23.1 Å². The van der Waals surface area contributed by atoms with Gasteiger partial charge in [-0.05, 0) is 48.5 Å². The van der Waals surface area contributed by atoms with E-state index in [1.165, 1.54) is 0 Å². The second-order valence-corrected chi connectivity index (χ2v) is 5.89. The molecule has 6 nitrogen and oxygen atoms in total. The molecular formula is C16H12ClN3O3S. The van der Waals surface area contributed by atoms with Gasteiger partial charge < -0.3 is 9.84 Å². The van der Waals surface area contributed by atoms with E-state index in [1.807, 2.05) is 0 Å². The average molecular weight is 362 g/mol. The largest absolute Gasteiger partial charge is 0.497 e. The third kappa shape index (κ3) is 3.32. The highest BCUT2D eigenvalue weighted by Gasteiger charge is 2.21. The maximum absolute atomic E-state index is 11.7. The highest BCUT2D eigenvalue weighted by molar-refractivity contribution is 7.10. The number of hydrogen-bond donors (Lipinski definition) is 1. The fourth-order valence-corrected chi connectivity index (χ4v) is 2.89. The summed E-state index contributed by atoms with van der Waals surface area (Å²) in [5, 5.41) is 10.4. The number of aromatic nitrogens is 2. The number of ether oxygens (including phenoxy) is 1. The zero-order valence-corrected chi connectivity index (χ0v) is 14.1. The van der Waals surface area contributed by atoms with Crippen LogP contribution < -0.4 is 9.64 Å². The third-order valence-corrected chi connectivity index (χ3v) is 4.18. The van der Waals surface area contributed by atoms with E-state index in [2.05, 4.69) is 9.36 Å². The molecule has 0 fully saturated rings. The topological polar surface area (TPSA) is 75.5 Å². The zero-order valence-electron chi connectivity index (χ0n) is 12.5. The van der Waals surface area contributed by atoms with E-state index < -0.39 is 6.09 Å². The molecule has 8 heteroatoms. The van der Waals surface area contributed by atoms with E-state index in [9.17, 15) is 9.90 Å². The number of carboxylic acid groups (broad SMARTS) is 1. The summed E-state index contributed by atoms with van der Waals surface area (Å²) in [4.78, 5) is 17.1. The van der Waals surface area contributed by atoms with Crippen molar-refractivity contribution >= 4 is 40.0 Å². The molecule has 0 saturated carbocycles. The van der Waals surface area contributed by atoms with Gasteiger partial charge in [-0.3, -0.25) is 0 Å². The zero-order chi connectivity index (χ0) is 17.1. The number of anilines is 2. The van der Waals surface area contributed by atoms with Gasteiger partial charge in [0.1, 0.15) is 5.75 Å². The molecule has 0 saturated heterocycles. The van der Waals surface area contributed by atoms with Crippen molar-refractivity contribution in [3.8, 4) is 17.1 Å². The highest BCUT2D eigenvalue weighted by Crippen LogP contribution is 2.31. The Labute approximate surface area is 147 Å². The van der Waals surface area contributed by atoms with Gasteiger partial charge in [0, 0.05) is 22.1 Å². The minimum Gasteiger partial charge on any atom is -0.497 e. The lowest BCUT2D eigenvalue weighted by atomic mass is 10.2. The number of rotatable bonds is 4. The molecule has 0 aliphatic rings. The van der Waals surface area contributed by atoms with Crippen molar-refractivity contribution in [2.24, 2.45) is 0 Å². The number of carbonyl (C=O) groups is 1. The van der Waals surface area contributed by atoms with Crippen molar-refractivity contribution in [1.29, 1.82) is 0 Å². The number of nitrogens with zero attached hydrogens (tertiary/aromatic N) is 3. The van der Waals surface area contributed by atoms with Crippen molar-refractivity contribution in [2.75, 3.05) is 12.0 Å². The molecule has 0 aliphatic carbocycles. The summed E-state index contributed by atoms with van der Waals surface area (Å²) >= 11 is 6.88. The Morgan fingerprint density at radius 1 is 1.17 bits per heavy atom. The normalized spacial score (nSPS) is 10.4. The molecule has 3 aromatic rings. The molecule has 1 N–H and O–H groups in total. The van der Waals surface area contributed by atoms with Crippen molar-refractivity contribution < 1.29 is 14.6 Å². The van der Waals surface area contributed by atoms with E-state index in [0.29, 0.717) is 22.3 Å². The Bertz CT molecular complexity index is 850. The van der Waals surface area contributed by atoms with Gasteiger partial charge in [0.2, 0.25) is 5.13 Å².